The number of thioether (sulfide) groups is 1. The first-order valence-corrected chi connectivity index (χ1v) is 22.3. The van der Waals surface area contributed by atoms with Crippen LogP contribution in [0.15, 0.2) is 35.1 Å². The van der Waals surface area contributed by atoms with Crippen molar-refractivity contribution in [3.63, 3.8) is 0 Å². The van der Waals surface area contributed by atoms with Gasteiger partial charge in [0, 0.05) is 66.1 Å². The van der Waals surface area contributed by atoms with Crippen LogP contribution in [-0.2, 0) is 50.1 Å². The number of nitrogens with one attached hydrogen (secondary N) is 3. The van der Waals surface area contributed by atoms with Crippen molar-refractivity contribution in [2.24, 2.45) is 17.3 Å². The van der Waals surface area contributed by atoms with Gasteiger partial charge in [0.25, 0.3) is 16.1 Å². The number of aliphatic hydroxyl groups is 1. The van der Waals surface area contributed by atoms with Gasteiger partial charge >= 0.3 is 5.97 Å². The van der Waals surface area contributed by atoms with E-state index in [1.165, 1.54) is 21.6 Å². The van der Waals surface area contributed by atoms with Gasteiger partial charge in [-0.1, -0.05) is 33.8 Å². The number of pyridine rings is 1. The van der Waals surface area contributed by atoms with E-state index in [1.54, 1.807) is 33.2 Å². The molecule has 16 nitrogen and oxygen atoms in total. The number of ketones is 1. The number of aldehydes is 1. The summed E-state index contributed by atoms with van der Waals surface area (Å²) in [6, 6.07) is 2.45. The van der Waals surface area contributed by atoms with Gasteiger partial charge in [0.15, 0.2) is 6.29 Å². The van der Waals surface area contributed by atoms with Gasteiger partial charge in [-0.3, -0.25) is 24.2 Å². The molecule has 316 valence electrons. The van der Waals surface area contributed by atoms with Crippen molar-refractivity contribution in [1.29, 1.82) is 0 Å². The second kappa shape index (κ2) is 19.7. The van der Waals surface area contributed by atoms with Crippen molar-refractivity contribution >= 4 is 51.8 Å². The Labute approximate surface area is 339 Å². The molecule has 0 saturated carbocycles. The van der Waals surface area contributed by atoms with Crippen LogP contribution in [0.25, 0.3) is 0 Å². The van der Waals surface area contributed by atoms with Gasteiger partial charge in [0.05, 0.1) is 37.0 Å². The Bertz CT molecular complexity index is 1760. The fraction of sp³-hybridized carbons (Fsp3) is 0.692. The number of aromatic nitrogens is 1. The van der Waals surface area contributed by atoms with Crippen LogP contribution in [0.4, 0.5) is 0 Å². The number of fused-ring (bicyclic) bond motifs is 1. The van der Waals surface area contributed by atoms with E-state index in [2.05, 4.69) is 19.7 Å². The zero-order chi connectivity index (χ0) is 41.5. The number of aryl methyl sites for hydroxylation is 1. The molecule has 0 spiro atoms. The van der Waals surface area contributed by atoms with Crippen LogP contribution < -0.4 is 14.8 Å². The number of β-lactam (4-membered cyclic amide) rings is 1. The number of hydrogen-bond acceptors (Lipinski definition) is 13. The van der Waals surface area contributed by atoms with Crippen molar-refractivity contribution in [2.45, 2.75) is 115 Å². The van der Waals surface area contributed by atoms with E-state index in [0.717, 1.165) is 10.5 Å². The van der Waals surface area contributed by atoms with E-state index in [-0.39, 0.29) is 55.5 Å². The van der Waals surface area contributed by atoms with Gasteiger partial charge in [-0.05, 0) is 63.5 Å². The summed E-state index contributed by atoms with van der Waals surface area (Å²) < 4.78 is 42.4. The molecule has 0 unspecified atom stereocenters. The molecule has 4 aliphatic rings. The third kappa shape index (κ3) is 10.9. The SMILES string of the molecule is CCC(C)(C)C(=O)C(=O)N1CCCC[C@H]1C(=O)O[C@H](CCc1cccnc1)COCCNS(=O)(=O)NC[C@@H]1C[C@H](SC2=C(C=O)N3C(=O)[C@H]([C@@H](C)O)[C@H]3[C@H]2C)CN1. The molecule has 5 rings (SSSR count). The number of rotatable bonds is 21. The number of piperidine rings is 1. The molecule has 3 fully saturated rings. The molecule has 0 bridgehead atoms. The minimum Gasteiger partial charge on any atom is -0.458 e. The number of Topliss-reactive ketones (excluding diaryl/α,β-unsaturated/α-hetero) is 1. The van der Waals surface area contributed by atoms with Crippen LogP contribution in [0.2, 0.25) is 0 Å². The first kappa shape index (κ1) is 44.8. The molecular weight excluding hydrogens is 777 g/mol. The summed E-state index contributed by atoms with van der Waals surface area (Å²) in [4.78, 5) is 72.3. The van der Waals surface area contributed by atoms with Crippen molar-refractivity contribution in [1.82, 2.24) is 29.5 Å². The molecular formula is C39H58N6O10S2. The molecule has 57 heavy (non-hydrogen) atoms. The lowest BCUT2D eigenvalue weighted by atomic mass is 9.79. The van der Waals surface area contributed by atoms with Gasteiger partial charge in [-0.2, -0.15) is 13.1 Å². The summed E-state index contributed by atoms with van der Waals surface area (Å²) in [7, 11) is -3.88. The third-order valence-corrected chi connectivity index (χ3v) is 14.2. The van der Waals surface area contributed by atoms with Crippen molar-refractivity contribution < 1.29 is 47.0 Å². The number of allylic oxidation sites excluding steroid dienone is 1. The Morgan fingerprint density at radius 2 is 2.00 bits per heavy atom. The smallest absolute Gasteiger partial charge is 0.329 e. The highest BCUT2D eigenvalue weighted by Crippen LogP contribution is 2.51. The monoisotopic (exact) mass is 834 g/mol. The second-order valence-corrected chi connectivity index (χ2v) is 19.0. The predicted octanol–water partition coefficient (Wildman–Crippen LogP) is 1.48. The minimum absolute atomic E-state index is 0.000318. The Hall–Kier alpha value is -3.26. The molecule has 0 aromatic carbocycles. The zero-order valence-electron chi connectivity index (χ0n) is 33.5. The number of likely N-dealkylation sites (tertiary alicyclic amines) is 1. The fourth-order valence-corrected chi connectivity index (χ4v) is 10.2. The van der Waals surface area contributed by atoms with E-state index >= 15 is 0 Å². The highest BCUT2D eigenvalue weighted by atomic mass is 32.2. The lowest BCUT2D eigenvalue weighted by Gasteiger charge is -2.46. The number of hydrogen-bond donors (Lipinski definition) is 4. The number of aliphatic hydroxyl groups excluding tert-OH is 1. The molecule has 4 aliphatic heterocycles. The van der Waals surface area contributed by atoms with E-state index in [1.807, 2.05) is 26.0 Å². The van der Waals surface area contributed by atoms with Crippen LogP contribution in [-0.4, -0.2) is 133 Å². The summed E-state index contributed by atoms with van der Waals surface area (Å²) in [5.41, 5.74) is 0.448. The average Bonchev–Trinajstić information content (AvgIpc) is 3.74. The van der Waals surface area contributed by atoms with Crippen molar-refractivity contribution in [3.8, 4) is 0 Å². The van der Waals surface area contributed by atoms with E-state index in [9.17, 15) is 37.5 Å². The number of nitrogens with zero attached hydrogens (tertiary/aromatic N) is 3. The minimum atomic E-state index is -3.88. The maximum Gasteiger partial charge on any atom is 0.329 e. The quantitative estimate of drug-likeness (QED) is 0.0455. The molecule has 1 aromatic heterocycles. The van der Waals surface area contributed by atoms with Gasteiger partial charge in [0.2, 0.25) is 11.7 Å². The summed E-state index contributed by atoms with van der Waals surface area (Å²) >= 11 is 1.53. The molecule has 5 heterocycles. The topological polar surface area (TPSA) is 214 Å². The number of ether oxygens (including phenoxy) is 2. The first-order chi connectivity index (χ1) is 27.1. The van der Waals surface area contributed by atoms with Crippen LogP contribution in [0.1, 0.15) is 78.7 Å². The van der Waals surface area contributed by atoms with E-state index in [0.29, 0.717) is 70.0 Å². The Balaban J connectivity index is 1.07. The summed E-state index contributed by atoms with van der Waals surface area (Å²) in [5.74, 6) is -2.65. The average molecular weight is 835 g/mol. The van der Waals surface area contributed by atoms with Crippen LogP contribution in [0.5, 0.6) is 0 Å². The molecule has 18 heteroatoms. The summed E-state index contributed by atoms with van der Waals surface area (Å²) in [6.07, 6.45) is 6.42. The standard InChI is InChI=1S/C39H58N6O10S2/c1-6-39(4,5)35(48)37(50)44-16-8-7-11-30(44)38(51)55-28(13-12-26-10-9-14-40-19-26)23-54-17-15-42-57(52,53)43-20-27-18-29(21-41-27)56-34-24(2)33-32(25(3)47)36(49)45(33)31(34)22-46/h9-10,14,19,22,24-25,27-30,32-33,41-43,47H,6-8,11-13,15-18,20-21,23H2,1-5H3/t24-,25-,27+,28-,29+,30+,32-,33-/m1/s1. The number of esters is 1. The van der Waals surface area contributed by atoms with Gasteiger partial charge in [0.1, 0.15) is 12.1 Å². The lowest BCUT2D eigenvalue weighted by Crippen LogP contribution is -2.63. The number of carbonyl (C=O) groups excluding carboxylic acids is 5. The lowest BCUT2D eigenvalue weighted by molar-refractivity contribution is -0.166. The molecule has 0 aliphatic carbocycles. The number of carbonyl (C=O) groups is 5. The highest BCUT2D eigenvalue weighted by Gasteiger charge is 2.58. The molecule has 2 amide bonds. The Morgan fingerprint density at radius 3 is 2.68 bits per heavy atom. The molecule has 0 radical (unpaired) electrons. The van der Waals surface area contributed by atoms with Gasteiger partial charge in [-0.25, -0.2) is 9.52 Å². The fourth-order valence-electron chi connectivity index (χ4n) is 7.85. The molecule has 3 saturated heterocycles. The van der Waals surface area contributed by atoms with Crippen LogP contribution >= 0.6 is 11.8 Å². The third-order valence-electron chi connectivity index (χ3n) is 11.6. The van der Waals surface area contributed by atoms with E-state index in [4.69, 9.17) is 9.47 Å². The summed E-state index contributed by atoms with van der Waals surface area (Å²) in [5, 5.41) is 13.5. The summed E-state index contributed by atoms with van der Waals surface area (Å²) in [6.45, 7) is 9.80. The van der Waals surface area contributed by atoms with Gasteiger partial charge < -0.3 is 29.7 Å². The van der Waals surface area contributed by atoms with Crippen molar-refractivity contribution in [3.05, 3.63) is 40.7 Å². The van der Waals surface area contributed by atoms with Gasteiger partial charge in [-0.15, -0.1) is 11.8 Å². The number of amides is 2. The predicted molar refractivity (Wildman–Crippen MR) is 212 cm³/mol. The maximum atomic E-state index is 13.6. The molecule has 1 aromatic rings. The highest BCUT2D eigenvalue weighted by molar-refractivity contribution is 8.03. The first-order valence-electron chi connectivity index (χ1n) is 20.0. The molecule has 8 atom stereocenters. The molecule has 4 N–H and O–H groups in total. The Morgan fingerprint density at radius 1 is 1.23 bits per heavy atom. The maximum absolute atomic E-state index is 13.6. The van der Waals surface area contributed by atoms with Crippen molar-refractivity contribution in [2.75, 3.05) is 39.4 Å². The van der Waals surface area contributed by atoms with Crippen LogP contribution in [0.3, 0.4) is 0 Å². The largest absolute Gasteiger partial charge is 0.458 e. The van der Waals surface area contributed by atoms with E-state index < -0.39 is 57.5 Å². The normalized spacial score (nSPS) is 26.2. The second-order valence-electron chi connectivity index (χ2n) is 16.1. The Kier molecular flexibility index (Phi) is 15.5. The zero-order valence-corrected chi connectivity index (χ0v) is 35.1. The van der Waals surface area contributed by atoms with Crippen LogP contribution in [0, 0.1) is 17.3 Å².